The number of rotatable bonds is 8. The van der Waals surface area contributed by atoms with Crippen LogP contribution in [0.2, 0.25) is 5.02 Å². The fourth-order valence-electron chi connectivity index (χ4n) is 4.90. The fourth-order valence-corrected chi connectivity index (χ4v) is 5.08. The molecule has 1 aliphatic carbocycles. The average molecular weight is 517 g/mol. The minimum absolute atomic E-state index is 0.149. The Morgan fingerprint density at radius 2 is 1.73 bits per heavy atom. The molecule has 4 atom stereocenters. The van der Waals surface area contributed by atoms with Crippen molar-refractivity contribution in [1.82, 2.24) is 0 Å². The Morgan fingerprint density at radius 1 is 0.973 bits per heavy atom. The van der Waals surface area contributed by atoms with Crippen molar-refractivity contribution in [2.75, 3.05) is 6.61 Å². The number of carbonyl (C=O) groups excluding carboxylic acids is 3. The van der Waals surface area contributed by atoms with Crippen molar-refractivity contribution >= 4 is 29.3 Å². The molecule has 2 fully saturated rings. The zero-order valence-electron chi connectivity index (χ0n) is 19.9. The van der Waals surface area contributed by atoms with Crippen LogP contribution in [0.15, 0.2) is 91.0 Å². The van der Waals surface area contributed by atoms with Gasteiger partial charge in [-0.1, -0.05) is 66.2 Å². The van der Waals surface area contributed by atoms with Crippen molar-refractivity contribution in [2.24, 2.45) is 11.8 Å². The van der Waals surface area contributed by atoms with E-state index in [2.05, 4.69) is 0 Å². The van der Waals surface area contributed by atoms with Gasteiger partial charge >= 0.3 is 11.9 Å². The summed E-state index contributed by atoms with van der Waals surface area (Å²) in [5, 5.41) is 0.516. The Morgan fingerprint density at radius 3 is 2.49 bits per heavy atom. The number of hydrogen-bond donors (Lipinski definition) is 0. The summed E-state index contributed by atoms with van der Waals surface area (Å²) in [5.41, 5.74) is 2.49. The number of ether oxygens (including phenoxy) is 3. The molecule has 3 aromatic rings. The molecule has 0 aromatic heterocycles. The second-order valence-electron chi connectivity index (χ2n) is 9.17. The van der Waals surface area contributed by atoms with Crippen molar-refractivity contribution in [2.45, 2.75) is 25.0 Å². The first-order chi connectivity index (χ1) is 18.0. The van der Waals surface area contributed by atoms with E-state index >= 15 is 0 Å². The van der Waals surface area contributed by atoms with Crippen LogP contribution >= 0.6 is 11.6 Å². The molecule has 0 amide bonds. The van der Waals surface area contributed by atoms with Crippen LogP contribution in [0.1, 0.15) is 23.2 Å². The second kappa shape index (κ2) is 11.0. The molecule has 0 spiro atoms. The van der Waals surface area contributed by atoms with Gasteiger partial charge in [0.25, 0.3) is 0 Å². The predicted octanol–water partition coefficient (Wildman–Crippen LogP) is 5.69. The predicted molar refractivity (Wildman–Crippen MR) is 138 cm³/mol. The molecule has 6 nitrogen and oxygen atoms in total. The summed E-state index contributed by atoms with van der Waals surface area (Å²) in [6.07, 6.45) is 2.92. The van der Waals surface area contributed by atoms with Crippen LogP contribution in [0.5, 0.6) is 5.75 Å². The molecule has 2 aliphatic rings. The maximum atomic E-state index is 13.0. The Hall–Kier alpha value is -3.90. The molecule has 188 valence electrons. The van der Waals surface area contributed by atoms with Crippen molar-refractivity contribution in [1.29, 1.82) is 0 Å². The first kappa shape index (κ1) is 24.8. The number of fused-ring (bicyclic) bond motifs is 1. The van der Waals surface area contributed by atoms with Gasteiger partial charge in [-0.3, -0.25) is 9.59 Å². The van der Waals surface area contributed by atoms with Gasteiger partial charge in [-0.15, -0.1) is 0 Å². The summed E-state index contributed by atoms with van der Waals surface area (Å²) in [4.78, 5) is 37.3. The minimum atomic E-state index is -0.512. The van der Waals surface area contributed by atoms with Crippen LogP contribution < -0.4 is 4.74 Å². The quantitative estimate of drug-likeness (QED) is 0.283. The third-order valence-corrected chi connectivity index (χ3v) is 6.95. The molecule has 1 aliphatic heterocycles. The summed E-state index contributed by atoms with van der Waals surface area (Å²) in [5.74, 6) is -0.955. The highest BCUT2D eigenvalue weighted by molar-refractivity contribution is 6.30. The zero-order chi connectivity index (χ0) is 25.8. The second-order valence-corrected chi connectivity index (χ2v) is 9.60. The molecular weight excluding hydrogens is 492 g/mol. The summed E-state index contributed by atoms with van der Waals surface area (Å²) in [6, 6.07) is 23.9. The van der Waals surface area contributed by atoms with E-state index in [-0.39, 0.29) is 42.7 Å². The monoisotopic (exact) mass is 516 g/mol. The van der Waals surface area contributed by atoms with Crippen LogP contribution in [-0.4, -0.2) is 36.5 Å². The van der Waals surface area contributed by atoms with Crippen LogP contribution in [-0.2, 0) is 19.1 Å². The van der Waals surface area contributed by atoms with Crippen molar-refractivity contribution in [3.05, 3.63) is 102 Å². The van der Waals surface area contributed by atoms with Crippen molar-refractivity contribution in [3.63, 3.8) is 0 Å². The molecule has 1 saturated heterocycles. The molecule has 1 heterocycles. The van der Waals surface area contributed by atoms with Crippen molar-refractivity contribution < 1.29 is 28.6 Å². The minimum Gasteiger partial charge on any atom is -0.485 e. The highest BCUT2D eigenvalue weighted by Gasteiger charge is 2.50. The van der Waals surface area contributed by atoms with Gasteiger partial charge in [0, 0.05) is 23.3 Å². The van der Waals surface area contributed by atoms with Gasteiger partial charge in [-0.25, -0.2) is 4.79 Å². The van der Waals surface area contributed by atoms with Crippen LogP contribution in [0, 0.1) is 11.8 Å². The summed E-state index contributed by atoms with van der Waals surface area (Å²) in [7, 11) is 0. The van der Waals surface area contributed by atoms with Crippen LogP contribution in [0.4, 0.5) is 0 Å². The molecule has 4 unspecified atom stereocenters. The maximum absolute atomic E-state index is 13.0. The van der Waals surface area contributed by atoms with Gasteiger partial charge < -0.3 is 14.2 Å². The molecule has 1 saturated carbocycles. The first-order valence-corrected chi connectivity index (χ1v) is 12.5. The Bertz CT molecular complexity index is 1320. The number of ketones is 1. The molecule has 0 radical (unpaired) electrons. The number of halogens is 1. The Labute approximate surface area is 219 Å². The van der Waals surface area contributed by atoms with E-state index in [1.165, 1.54) is 6.08 Å². The van der Waals surface area contributed by atoms with E-state index in [9.17, 15) is 14.4 Å². The van der Waals surface area contributed by atoms with Gasteiger partial charge in [0.1, 0.15) is 18.0 Å². The van der Waals surface area contributed by atoms with Gasteiger partial charge in [-0.2, -0.15) is 0 Å². The third kappa shape index (κ3) is 5.92. The summed E-state index contributed by atoms with van der Waals surface area (Å²) < 4.78 is 16.8. The number of esters is 2. The third-order valence-electron chi connectivity index (χ3n) is 6.72. The lowest BCUT2D eigenvalue weighted by Gasteiger charge is -2.20. The molecule has 3 aromatic carbocycles. The van der Waals surface area contributed by atoms with E-state index in [0.29, 0.717) is 22.8 Å². The number of carbonyl (C=O) groups is 3. The van der Waals surface area contributed by atoms with Crippen LogP contribution in [0.25, 0.3) is 11.1 Å². The number of hydrogen-bond acceptors (Lipinski definition) is 6. The van der Waals surface area contributed by atoms with Gasteiger partial charge in [0.15, 0.2) is 12.4 Å². The number of benzene rings is 3. The van der Waals surface area contributed by atoms with Gasteiger partial charge in [0.05, 0.1) is 12.0 Å². The SMILES string of the molecule is O=C(C=CC1C(OC(=O)c2ccc(-c3ccccc3)cc2)CC2OC(=O)CC21)COc1cccc(Cl)c1. The first-order valence-electron chi connectivity index (χ1n) is 12.1. The highest BCUT2D eigenvalue weighted by atomic mass is 35.5. The van der Waals surface area contributed by atoms with E-state index in [0.717, 1.165) is 11.1 Å². The molecular formula is C30H25ClO6. The zero-order valence-corrected chi connectivity index (χ0v) is 20.7. The molecule has 7 heteroatoms. The van der Waals surface area contributed by atoms with Gasteiger partial charge in [0.2, 0.25) is 0 Å². The lowest BCUT2D eigenvalue weighted by Crippen LogP contribution is -2.25. The Balaban J connectivity index is 1.24. The fraction of sp³-hybridized carbons (Fsp3) is 0.233. The van der Waals surface area contributed by atoms with Crippen molar-refractivity contribution in [3.8, 4) is 16.9 Å². The largest absolute Gasteiger partial charge is 0.485 e. The molecule has 37 heavy (non-hydrogen) atoms. The van der Waals surface area contributed by atoms with E-state index in [4.69, 9.17) is 25.8 Å². The topological polar surface area (TPSA) is 78.9 Å². The lowest BCUT2D eigenvalue weighted by atomic mass is 9.91. The Kier molecular flexibility index (Phi) is 7.37. The summed E-state index contributed by atoms with van der Waals surface area (Å²) in [6.45, 7) is -0.161. The molecule has 0 N–H and O–H groups in total. The maximum Gasteiger partial charge on any atom is 0.338 e. The molecule has 0 bridgehead atoms. The lowest BCUT2D eigenvalue weighted by molar-refractivity contribution is -0.141. The van der Waals surface area contributed by atoms with Crippen LogP contribution in [0.3, 0.4) is 0 Å². The van der Waals surface area contributed by atoms with E-state index in [1.807, 2.05) is 42.5 Å². The summed E-state index contributed by atoms with van der Waals surface area (Å²) >= 11 is 5.95. The average Bonchev–Trinajstić information content (AvgIpc) is 3.42. The highest BCUT2D eigenvalue weighted by Crippen LogP contribution is 2.43. The van der Waals surface area contributed by atoms with E-state index in [1.54, 1.807) is 42.5 Å². The molecule has 5 rings (SSSR count). The van der Waals surface area contributed by atoms with Gasteiger partial charge in [-0.05, 0) is 47.5 Å². The van der Waals surface area contributed by atoms with E-state index < -0.39 is 12.1 Å². The normalized spacial score (nSPS) is 22.5. The smallest absolute Gasteiger partial charge is 0.338 e. The standard InChI is InChI=1S/C30H25ClO6/c31-22-7-4-8-24(15-22)35-18-23(32)13-14-25-26-16-29(33)36-28(26)17-27(25)37-30(34)21-11-9-20(10-12-21)19-5-2-1-3-6-19/h1-15,25-28H,16-18H2.